The number of para-hydroxylation sites is 2. The van der Waals surface area contributed by atoms with Crippen molar-refractivity contribution in [2.75, 3.05) is 31.5 Å². The normalized spacial score (nSPS) is 11.0. The fraction of sp³-hybridized carbons (Fsp3) is 0.391. The lowest BCUT2D eigenvalue weighted by molar-refractivity contribution is -0.121. The second-order valence-corrected chi connectivity index (χ2v) is 9.01. The molecule has 0 aromatic heterocycles. The minimum atomic E-state index is -3.99. The van der Waals surface area contributed by atoms with Gasteiger partial charge in [-0.15, -0.1) is 0 Å². The Morgan fingerprint density at radius 1 is 1.06 bits per heavy atom. The maximum absolute atomic E-state index is 13.1. The van der Waals surface area contributed by atoms with Crippen molar-refractivity contribution in [1.82, 2.24) is 10.2 Å². The Kier molecular flexibility index (Phi) is 9.07. The fourth-order valence-corrected chi connectivity index (χ4v) is 4.49. The number of ether oxygens (including phenoxy) is 1. The first-order chi connectivity index (χ1) is 15.2. The molecule has 0 aliphatic carbocycles. The summed E-state index contributed by atoms with van der Waals surface area (Å²) in [4.78, 5) is 26.7. The van der Waals surface area contributed by atoms with Crippen LogP contribution in [0.2, 0.25) is 0 Å². The summed E-state index contributed by atoms with van der Waals surface area (Å²) in [6.07, 6.45) is 1.46. The van der Waals surface area contributed by atoms with Crippen LogP contribution in [0.4, 0.5) is 5.69 Å². The molecule has 0 saturated heterocycles. The number of nitrogens with zero attached hydrogens (tertiary/aromatic N) is 1. The third kappa shape index (κ3) is 6.46. The molecule has 2 aromatic rings. The Labute approximate surface area is 190 Å². The molecule has 2 rings (SSSR count). The van der Waals surface area contributed by atoms with E-state index < -0.39 is 15.9 Å². The quantitative estimate of drug-likeness (QED) is 0.535. The van der Waals surface area contributed by atoms with Crippen LogP contribution in [0.25, 0.3) is 0 Å². The Morgan fingerprint density at radius 3 is 2.44 bits per heavy atom. The van der Waals surface area contributed by atoms with E-state index in [9.17, 15) is 18.0 Å². The van der Waals surface area contributed by atoms with E-state index in [2.05, 4.69) is 10.0 Å². The molecule has 0 spiro atoms. The summed E-state index contributed by atoms with van der Waals surface area (Å²) in [6.45, 7) is 6.35. The van der Waals surface area contributed by atoms with Crippen molar-refractivity contribution in [3.8, 4) is 5.75 Å². The number of rotatable bonds is 11. The van der Waals surface area contributed by atoms with Crippen molar-refractivity contribution in [3.05, 3.63) is 53.6 Å². The summed E-state index contributed by atoms with van der Waals surface area (Å²) in [6, 6.07) is 11.2. The second kappa shape index (κ2) is 11.5. The first-order valence-electron chi connectivity index (χ1n) is 10.6. The van der Waals surface area contributed by atoms with Gasteiger partial charge in [0.25, 0.3) is 15.9 Å². The predicted octanol–water partition coefficient (Wildman–Crippen LogP) is 3.18. The van der Waals surface area contributed by atoms with E-state index in [0.717, 1.165) is 6.42 Å². The first-order valence-corrected chi connectivity index (χ1v) is 12.0. The summed E-state index contributed by atoms with van der Waals surface area (Å²) in [7, 11) is -2.53. The van der Waals surface area contributed by atoms with E-state index in [1.54, 1.807) is 43.3 Å². The lowest BCUT2D eigenvalue weighted by Gasteiger charge is -2.22. The number of anilines is 1. The molecule has 0 aliphatic rings. The highest BCUT2D eigenvalue weighted by atomic mass is 32.2. The molecule has 0 bridgehead atoms. The van der Waals surface area contributed by atoms with Gasteiger partial charge in [0.15, 0.2) is 0 Å². The zero-order valence-electron chi connectivity index (χ0n) is 19.0. The molecule has 0 radical (unpaired) electrons. The van der Waals surface area contributed by atoms with Gasteiger partial charge in [0.2, 0.25) is 5.91 Å². The Morgan fingerprint density at radius 2 is 1.78 bits per heavy atom. The molecule has 0 atom stereocenters. The number of hydrogen-bond donors (Lipinski definition) is 2. The Balaban J connectivity index is 2.33. The van der Waals surface area contributed by atoms with E-state index in [-0.39, 0.29) is 22.9 Å². The van der Waals surface area contributed by atoms with E-state index in [1.807, 2.05) is 13.8 Å². The molecule has 2 aromatic carbocycles. The van der Waals surface area contributed by atoms with Crippen LogP contribution in [0.1, 0.15) is 42.6 Å². The van der Waals surface area contributed by atoms with Crippen LogP contribution in [0, 0.1) is 6.92 Å². The largest absolute Gasteiger partial charge is 0.495 e. The molecule has 174 valence electrons. The summed E-state index contributed by atoms with van der Waals surface area (Å²) < 4.78 is 33.9. The van der Waals surface area contributed by atoms with Crippen LogP contribution >= 0.6 is 0 Å². The summed E-state index contributed by atoms with van der Waals surface area (Å²) in [5.41, 5.74) is 0.991. The van der Waals surface area contributed by atoms with Gasteiger partial charge < -0.3 is 15.0 Å². The molecule has 0 unspecified atom stereocenters. The topological polar surface area (TPSA) is 105 Å². The van der Waals surface area contributed by atoms with Crippen molar-refractivity contribution >= 4 is 27.5 Å². The maximum Gasteiger partial charge on any atom is 0.262 e. The molecule has 0 heterocycles. The van der Waals surface area contributed by atoms with Crippen molar-refractivity contribution in [3.63, 3.8) is 0 Å². The Bertz CT molecular complexity index is 1050. The number of carbonyl (C=O) groups is 2. The molecular formula is C23H31N3O5S. The molecule has 2 amide bonds. The highest BCUT2D eigenvalue weighted by Gasteiger charge is 2.23. The average molecular weight is 462 g/mol. The van der Waals surface area contributed by atoms with Gasteiger partial charge in [0.1, 0.15) is 5.75 Å². The minimum absolute atomic E-state index is 0.0128. The highest BCUT2D eigenvalue weighted by molar-refractivity contribution is 7.92. The number of hydrogen-bond acceptors (Lipinski definition) is 5. The van der Waals surface area contributed by atoms with E-state index >= 15 is 0 Å². The molecule has 9 heteroatoms. The maximum atomic E-state index is 13.1. The molecule has 8 nitrogen and oxygen atoms in total. The van der Waals surface area contributed by atoms with E-state index in [0.29, 0.717) is 36.5 Å². The van der Waals surface area contributed by atoms with Crippen molar-refractivity contribution in [2.24, 2.45) is 0 Å². The van der Waals surface area contributed by atoms with Crippen LogP contribution in [-0.2, 0) is 14.8 Å². The number of carbonyl (C=O) groups excluding carboxylic acids is 2. The molecule has 32 heavy (non-hydrogen) atoms. The molecule has 0 fully saturated rings. The third-order valence-corrected chi connectivity index (χ3v) is 6.27. The van der Waals surface area contributed by atoms with Gasteiger partial charge >= 0.3 is 0 Å². The molecule has 2 N–H and O–H groups in total. The van der Waals surface area contributed by atoms with Gasteiger partial charge in [-0.2, -0.15) is 0 Å². The zero-order valence-corrected chi connectivity index (χ0v) is 19.8. The van der Waals surface area contributed by atoms with Gasteiger partial charge in [-0.25, -0.2) is 8.42 Å². The highest BCUT2D eigenvalue weighted by Crippen LogP contribution is 2.27. The number of sulfonamides is 1. The smallest absolute Gasteiger partial charge is 0.262 e. The van der Waals surface area contributed by atoms with Gasteiger partial charge in [0.05, 0.1) is 24.2 Å². The predicted molar refractivity (Wildman–Crippen MR) is 124 cm³/mol. The van der Waals surface area contributed by atoms with Crippen LogP contribution < -0.4 is 14.8 Å². The minimum Gasteiger partial charge on any atom is -0.495 e. The van der Waals surface area contributed by atoms with E-state index in [1.165, 1.54) is 18.1 Å². The second-order valence-electron chi connectivity index (χ2n) is 7.36. The summed E-state index contributed by atoms with van der Waals surface area (Å²) >= 11 is 0. The average Bonchev–Trinajstić information content (AvgIpc) is 2.77. The SMILES string of the molecule is CCCNC(=O)CN(CCC)C(=O)c1ccc(C)c(S(=O)(=O)Nc2ccccc2OC)c1. The van der Waals surface area contributed by atoms with Crippen LogP contribution in [0.3, 0.4) is 0 Å². The molecule has 0 saturated carbocycles. The fourth-order valence-electron chi connectivity index (χ4n) is 3.15. The van der Waals surface area contributed by atoms with Gasteiger partial charge in [-0.1, -0.05) is 32.0 Å². The van der Waals surface area contributed by atoms with Gasteiger partial charge in [-0.3, -0.25) is 14.3 Å². The van der Waals surface area contributed by atoms with Crippen LogP contribution in [0.5, 0.6) is 5.75 Å². The standard InChI is InChI=1S/C23H31N3O5S/c1-5-13-24-22(27)16-26(14-6-2)23(28)18-12-11-17(3)21(15-18)32(29,30)25-19-9-7-8-10-20(19)31-4/h7-12,15,25H,5-6,13-14,16H2,1-4H3,(H,24,27). The van der Waals surface area contributed by atoms with Crippen LogP contribution in [-0.4, -0.2) is 51.9 Å². The third-order valence-electron chi connectivity index (χ3n) is 4.76. The lowest BCUT2D eigenvalue weighted by atomic mass is 10.1. The van der Waals surface area contributed by atoms with Crippen molar-refractivity contribution in [1.29, 1.82) is 0 Å². The monoisotopic (exact) mass is 461 g/mol. The Hall–Kier alpha value is -3.07. The van der Waals surface area contributed by atoms with Crippen molar-refractivity contribution < 1.29 is 22.7 Å². The van der Waals surface area contributed by atoms with E-state index in [4.69, 9.17) is 4.74 Å². The van der Waals surface area contributed by atoms with Crippen LogP contribution in [0.15, 0.2) is 47.4 Å². The number of nitrogens with one attached hydrogen (secondary N) is 2. The van der Waals surface area contributed by atoms with Crippen molar-refractivity contribution in [2.45, 2.75) is 38.5 Å². The number of methoxy groups -OCH3 is 1. The summed E-state index contributed by atoms with van der Waals surface area (Å²) in [5.74, 6) is -0.258. The van der Waals surface area contributed by atoms with Gasteiger partial charge in [-0.05, 0) is 49.6 Å². The van der Waals surface area contributed by atoms with Gasteiger partial charge in [0, 0.05) is 18.7 Å². The molecule has 0 aliphatic heterocycles. The number of amides is 2. The zero-order chi connectivity index (χ0) is 23.7. The summed E-state index contributed by atoms with van der Waals surface area (Å²) in [5, 5.41) is 2.76. The molecular weight excluding hydrogens is 430 g/mol. The number of benzene rings is 2. The lowest BCUT2D eigenvalue weighted by Crippen LogP contribution is -2.41. The number of aryl methyl sites for hydroxylation is 1. The first kappa shape index (κ1) is 25.2.